The van der Waals surface area contributed by atoms with Crippen LogP contribution in [0.5, 0.6) is 5.75 Å². The first-order valence-electron chi connectivity index (χ1n) is 6.91. The molecule has 1 saturated heterocycles. The molecule has 2 rings (SSSR count). The van der Waals surface area contributed by atoms with Gasteiger partial charge in [-0.2, -0.15) is 0 Å². The largest absolute Gasteiger partial charge is 0.496 e. The van der Waals surface area contributed by atoms with Crippen LogP contribution in [0, 0.1) is 0 Å². The fraction of sp³-hybridized carbons (Fsp3) is 0.600. The topological polar surface area (TPSA) is 38.5 Å². The van der Waals surface area contributed by atoms with Gasteiger partial charge in [0.1, 0.15) is 5.75 Å². The van der Waals surface area contributed by atoms with E-state index in [1.54, 1.807) is 7.11 Å². The number of ether oxygens (including phenoxy) is 1. The van der Waals surface area contributed by atoms with Crippen LogP contribution in [0.15, 0.2) is 18.2 Å². The third kappa shape index (κ3) is 3.47. The molecule has 0 radical (unpaired) electrons. The molecule has 0 bridgehead atoms. The minimum absolute atomic E-state index is 0.704. The summed E-state index contributed by atoms with van der Waals surface area (Å²) in [4.78, 5) is 2.52. The van der Waals surface area contributed by atoms with Crippen molar-refractivity contribution in [1.82, 2.24) is 4.90 Å². The van der Waals surface area contributed by atoms with Crippen LogP contribution in [-0.4, -0.2) is 31.6 Å². The van der Waals surface area contributed by atoms with Crippen molar-refractivity contribution in [2.45, 2.75) is 32.2 Å². The van der Waals surface area contributed by atoms with Gasteiger partial charge in [0.2, 0.25) is 0 Å². The van der Waals surface area contributed by atoms with E-state index in [1.165, 1.54) is 43.5 Å². The first-order chi connectivity index (χ1) is 8.83. The summed E-state index contributed by atoms with van der Waals surface area (Å²) in [6, 6.07) is 6.44. The number of hydrogen-bond acceptors (Lipinski definition) is 3. The molecule has 0 spiro atoms. The number of likely N-dealkylation sites (tertiary alicyclic amines) is 1. The molecule has 3 nitrogen and oxygen atoms in total. The molecule has 18 heavy (non-hydrogen) atoms. The van der Waals surface area contributed by atoms with Crippen LogP contribution in [-0.2, 0) is 13.0 Å². The predicted octanol–water partition coefficient (Wildman–Crippen LogP) is 2.18. The normalized spacial score (nSPS) is 16.8. The van der Waals surface area contributed by atoms with Gasteiger partial charge in [0.05, 0.1) is 7.11 Å². The molecule has 2 N–H and O–H groups in total. The Hall–Kier alpha value is -1.06. The van der Waals surface area contributed by atoms with E-state index >= 15 is 0 Å². The highest BCUT2D eigenvalue weighted by molar-refractivity contribution is 5.37. The van der Waals surface area contributed by atoms with E-state index in [0.29, 0.717) is 6.54 Å². The maximum atomic E-state index is 5.62. The van der Waals surface area contributed by atoms with Crippen LogP contribution < -0.4 is 10.5 Å². The first-order valence-corrected chi connectivity index (χ1v) is 6.91. The Kier molecular flexibility index (Phi) is 5.02. The minimum Gasteiger partial charge on any atom is -0.496 e. The molecule has 0 saturated carbocycles. The van der Waals surface area contributed by atoms with Crippen LogP contribution in [0.3, 0.4) is 0 Å². The van der Waals surface area contributed by atoms with E-state index in [1.807, 2.05) is 0 Å². The number of methoxy groups -OCH3 is 1. The van der Waals surface area contributed by atoms with Gasteiger partial charge in [-0.25, -0.2) is 0 Å². The van der Waals surface area contributed by atoms with Gasteiger partial charge in [-0.05, 0) is 50.5 Å². The van der Waals surface area contributed by atoms with E-state index in [9.17, 15) is 0 Å². The van der Waals surface area contributed by atoms with Crippen molar-refractivity contribution >= 4 is 0 Å². The van der Waals surface area contributed by atoms with Crippen LogP contribution in [0.4, 0.5) is 0 Å². The number of benzene rings is 1. The second-order valence-corrected chi connectivity index (χ2v) is 5.02. The second-order valence-electron chi connectivity index (χ2n) is 5.02. The number of piperidine rings is 1. The Morgan fingerprint density at radius 1 is 1.22 bits per heavy atom. The Balaban J connectivity index is 2.09. The summed E-state index contributed by atoms with van der Waals surface area (Å²) in [5.74, 6) is 1.00. The maximum absolute atomic E-state index is 5.62. The van der Waals surface area contributed by atoms with Crippen LogP contribution in [0.2, 0.25) is 0 Å². The standard InChI is InChI=1S/C15H24N2O/c1-18-15-6-5-13(7-8-16)11-14(15)12-17-9-3-2-4-10-17/h5-6,11H,2-4,7-10,12,16H2,1H3. The van der Waals surface area contributed by atoms with Crippen molar-refractivity contribution < 1.29 is 4.74 Å². The van der Waals surface area contributed by atoms with Gasteiger partial charge in [-0.15, -0.1) is 0 Å². The number of rotatable bonds is 5. The van der Waals surface area contributed by atoms with Gasteiger partial charge >= 0.3 is 0 Å². The summed E-state index contributed by atoms with van der Waals surface area (Å²) >= 11 is 0. The summed E-state index contributed by atoms with van der Waals surface area (Å²) in [7, 11) is 1.75. The molecule has 0 aliphatic carbocycles. The lowest BCUT2D eigenvalue weighted by Crippen LogP contribution is -2.29. The van der Waals surface area contributed by atoms with Gasteiger partial charge in [0, 0.05) is 12.1 Å². The van der Waals surface area contributed by atoms with E-state index in [0.717, 1.165) is 18.7 Å². The Labute approximate surface area is 110 Å². The lowest BCUT2D eigenvalue weighted by atomic mass is 10.0. The van der Waals surface area contributed by atoms with Crippen LogP contribution in [0.25, 0.3) is 0 Å². The summed E-state index contributed by atoms with van der Waals surface area (Å²) in [5, 5.41) is 0. The molecule has 1 fully saturated rings. The lowest BCUT2D eigenvalue weighted by molar-refractivity contribution is 0.218. The van der Waals surface area contributed by atoms with Crippen molar-refractivity contribution in [3.05, 3.63) is 29.3 Å². The second kappa shape index (κ2) is 6.76. The fourth-order valence-corrected chi connectivity index (χ4v) is 2.64. The molecular weight excluding hydrogens is 224 g/mol. The third-order valence-electron chi connectivity index (χ3n) is 3.62. The fourth-order valence-electron chi connectivity index (χ4n) is 2.64. The predicted molar refractivity (Wildman–Crippen MR) is 74.9 cm³/mol. The molecule has 1 aliphatic rings. The van der Waals surface area contributed by atoms with Gasteiger partial charge in [0.15, 0.2) is 0 Å². The average Bonchev–Trinajstić information content (AvgIpc) is 2.41. The van der Waals surface area contributed by atoms with Gasteiger partial charge in [0.25, 0.3) is 0 Å². The molecular formula is C15H24N2O. The van der Waals surface area contributed by atoms with Gasteiger partial charge < -0.3 is 10.5 Å². The van der Waals surface area contributed by atoms with Gasteiger partial charge in [-0.3, -0.25) is 4.90 Å². The van der Waals surface area contributed by atoms with Gasteiger partial charge in [-0.1, -0.05) is 18.6 Å². The first kappa shape index (κ1) is 13.4. The zero-order chi connectivity index (χ0) is 12.8. The number of nitrogens with zero attached hydrogens (tertiary/aromatic N) is 1. The molecule has 100 valence electrons. The highest BCUT2D eigenvalue weighted by atomic mass is 16.5. The Bertz CT molecular complexity index is 373. The van der Waals surface area contributed by atoms with E-state index in [4.69, 9.17) is 10.5 Å². The lowest BCUT2D eigenvalue weighted by Gasteiger charge is -2.27. The molecule has 0 amide bonds. The number of nitrogens with two attached hydrogens (primary N) is 1. The van der Waals surface area contributed by atoms with E-state index < -0.39 is 0 Å². The molecule has 3 heteroatoms. The highest BCUT2D eigenvalue weighted by Crippen LogP contribution is 2.23. The summed E-state index contributed by atoms with van der Waals surface area (Å²) in [6.07, 6.45) is 4.97. The zero-order valence-corrected chi connectivity index (χ0v) is 11.3. The van der Waals surface area contributed by atoms with Crippen LogP contribution in [0.1, 0.15) is 30.4 Å². The Morgan fingerprint density at radius 3 is 2.67 bits per heavy atom. The third-order valence-corrected chi connectivity index (χ3v) is 3.62. The van der Waals surface area contributed by atoms with E-state index in [2.05, 4.69) is 23.1 Å². The average molecular weight is 248 g/mol. The maximum Gasteiger partial charge on any atom is 0.123 e. The van der Waals surface area contributed by atoms with Crippen molar-refractivity contribution in [2.24, 2.45) is 5.73 Å². The molecule has 1 heterocycles. The highest BCUT2D eigenvalue weighted by Gasteiger charge is 2.13. The summed E-state index contributed by atoms with van der Waals surface area (Å²) in [5.41, 5.74) is 8.23. The molecule has 0 atom stereocenters. The minimum atomic E-state index is 0.704. The monoisotopic (exact) mass is 248 g/mol. The van der Waals surface area contributed by atoms with Crippen LogP contribution >= 0.6 is 0 Å². The molecule has 0 aromatic heterocycles. The smallest absolute Gasteiger partial charge is 0.123 e. The molecule has 1 aromatic carbocycles. The SMILES string of the molecule is COc1ccc(CCN)cc1CN1CCCCC1. The molecule has 1 aromatic rings. The molecule has 1 aliphatic heterocycles. The van der Waals surface area contributed by atoms with Crippen molar-refractivity contribution in [2.75, 3.05) is 26.7 Å². The summed E-state index contributed by atoms with van der Waals surface area (Å²) in [6.45, 7) is 4.13. The van der Waals surface area contributed by atoms with Crippen molar-refractivity contribution in [3.8, 4) is 5.75 Å². The van der Waals surface area contributed by atoms with Crippen molar-refractivity contribution in [1.29, 1.82) is 0 Å². The van der Waals surface area contributed by atoms with Crippen molar-refractivity contribution in [3.63, 3.8) is 0 Å². The molecule has 0 unspecified atom stereocenters. The van der Waals surface area contributed by atoms with E-state index in [-0.39, 0.29) is 0 Å². The summed E-state index contributed by atoms with van der Waals surface area (Å²) < 4.78 is 5.46. The Morgan fingerprint density at radius 2 is 2.00 bits per heavy atom. The number of hydrogen-bond donors (Lipinski definition) is 1. The zero-order valence-electron chi connectivity index (χ0n) is 11.3. The quantitative estimate of drug-likeness (QED) is 0.868.